The first kappa shape index (κ1) is 29.8. The zero-order valence-corrected chi connectivity index (χ0v) is 18.2. The third-order valence-corrected chi connectivity index (χ3v) is 3.46. The molecule has 6 nitrogen and oxygen atoms in total. The second kappa shape index (κ2) is 22.1. The second-order valence-electron chi connectivity index (χ2n) is 5.88. The van der Waals surface area contributed by atoms with Gasteiger partial charge in [0.05, 0.1) is 0 Å². The van der Waals surface area contributed by atoms with Crippen molar-refractivity contribution in [3.8, 4) is 0 Å². The molecule has 0 spiro atoms. The number of unbranched alkanes of at least 4 members (excludes halogenated alkanes) is 12. The fourth-order valence-corrected chi connectivity index (χ4v) is 2.27. The smallest absolute Gasteiger partial charge is 0.368 e. The van der Waals surface area contributed by atoms with E-state index in [0.29, 0.717) is 6.42 Å². The molecule has 0 aromatic carbocycles. The van der Waals surface area contributed by atoms with Crippen LogP contribution in [0.3, 0.4) is 0 Å². The fourth-order valence-electron chi connectivity index (χ4n) is 2.27. The molecule has 0 atom stereocenters. The number of aliphatic hydroxyl groups is 2. The average Bonchev–Trinajstić information content (AvgIpc) is 2.42. The molecule has 0 aliphatic heterocycles. The predicted octanol–water partition coefficient (Wildman–Crippen LogP) is 0.668. The van der Waals surface area contributed by atoms with Crippen LogP contribution in [0.2, 0.25) is 0 Å². The van der Waals surface area contributed by atoms with Gasteiger partial charge in [-0.2, -0.15) is 6.42 Å². The van der Waals surface area contributed by atoms with E-state index in [0.717, 1.165) is 19.3 Å². The quantitative estimate of drug-likeness (QED) is 0.0997. The second-order valence-corrected chi connectivity index (χ2v) is 6.91. The number of aliphatic hydroxyl groups excluding tert-OH is 1. The van der Waals surface area contributed by atoms with Gasteiger partial charge >= 0.3 is 37.4 Å². The summed E-state index contributed by atoms with van der Waals surface area (Å²) < 4.78 is 8.88. The van der Waals surface area contributed by atoms with Gasteiger partial charge in [-0.25, -0.2) is 4.57 Å². The molecule has 24 heavy (non-hydrogen) atoms. The van der Waals surface area contributed by atoms with Gasteiger partial charge < -0.3 is 31.8 Å². The van der Waals surface area contributed by atoms with Gasteiger partial charge in [0.1, 0.15) is 0 Å². The van der Waals surface area contributed by atoms with Gasteiger partial charge in [0.2, 0.25) is 0 Å². The molecular weight excluding hydrogens is 342 g/mol. The summed E-state index contributed by atoms with van der Waals surface area (Å²) in [7, 11) is -4.64. The Labute approximate surface area is 169 Å². The Morgan fingerprint density at radius 2 is 0.917 bits per heavy atom. The molecule has 0 heterocycles. The fraction of sp³-hybridized carbons (Fsp3) is 0.938. The van der Waals surface area contributed by atoms with Crippen molar-refractivity contribution in [2.75, 3.05) is 0 Å². The monoisotopic (exact) mass is 378 g/mol. The molecule has 0 aromatic heterocycles. The van der Waals surface area contributed by atoms with Crippen molar-refractivity contribution in [1.29, 1.82) is 0 Å². The molecular formula is C16H36NaO6P. The van der Waals surface area contributed by atoms with E-state index in [1.807, 2.05) is 0 Å². The van der Waals surface area contributed by atoms with Crippen LogP contribution in [0.4, 0.5) is 0 Å². The van der Waals surface area contributed by atoms with Gasteiger partial charge in [-0.1, -0.05) is 70.6 Å². The normalized spacial score (nSPS) is 11.0. The van der Waals surface area contributed by atoms with E-state index >= 15 is 0 Å². The summed E-state index contributed by atoms with van der Waals surface area (Å²) in [6.07, 6.45) is 16.1. The molecule has 8 heteroatoms. The molecule has 0 fully saturated rings. The SMILES string of the molecule is O=P(O)(O)O.[CH2-]CCCCCCCCCCCCCCC(O)O.[Na+]. The van der Waals surface area contributed by atoms with Crippen LogP contribution < -0.4 is 29.6 Å². The van der Waals surface area contributed by atoms with E-state index in [2.05, 4.69) is 6.92 Å². The summed E-state index contributed by atoms with van der Waals surface area (Å²) in [6, 6.07) is 0. The summed E-state index contributed by atoms with van der Waals surface area (Å²) in [5, 5.41) is 17.4. The van der Waals surface area contributed by atoms with Crippen LogP contribution in [0.25, 0.3) is 0 Å². The van der Waals surface area contributed by atoms with Crippen molar-refractivity contribution in [1.82, 2.24) is 0 Å². The van der Waals surface area contributed by atoms with E-state index in [1.165, 1.54) is 64.2 Å². The predicted molar refractivity (Wildman–Crippen MR) is 92.5 cm³/mol. The maximum absolute atomic E-state index is 8.88. The van der Waals surface area contributed by atoms with Gasteiger partial charge in [0, 0.05) is 0 Å². The molecule has 0 radical (unpaired) electrons. The van der Waals surface area contributed by atoms with Crippen LogP contribution in [-0.2, 0) is 4.57 Å². The van der Waals surface area contributed by atoms with Gasteiger partial charge in [-0.15, -0.1) is 0 Å². The van der Waals surface area contributed by atoms with Crippen LogP contribution >= 0.6 is 7.82 Å². The van der Waals surface area contributed by atoms with E-state index < -0.39 is 14.1 Å². The Kier molecular flexibility index (Phi) is 27.4. The van der Waals surface area contributed by atoms with Crippen LogP contribution in [0.5, 0.6) is 0 Å². The molecule has 0 saturated heterocycles. The van der Waals surface area contributed by atoms with Gasteiger partial charge in [-0.05, 0) is 12.8 Å². The molecule has 0 bridgehead atoms. The third-order valence-electron chi connectivity index (χ3n) is 3.46. The molecule has 0 aliphatic rings. The van der Waals surface area contributed by atoms with Gasteiger partial charge in [-0.3, -0.25) is 0 Å². The van der Waals surface area contributed by atoms with E-state index in [-0.39, 0.29) is 29.6 Å². The Morgan fingerprint density at radius 1 is 0.667 bits per heavy atom. The molecule has 0 unspecified atom stereocenters. The Bertz CT molecular complexity index is 265. The number of rotatable bonds is 14. The molecule has 0 rings (SSSR count). The Balaban J connectivity index is -0.000000639. The average molecular weight is 378 g/mol. The third kappa shape index (κ3) is 43.5. The maximum atomic E-state index is 8.88. The van der Waals surface area contributed by atoms with Crippen LogP contribution in [0, 0.1) is 6.92 Å². The number of phosphoric acid groups is 1. The van der Waals surface area contributed by atoms with Crippen LogP contribution in [0.15, 0.2) is 0 Å². The summed E-state index contributed by atoms with van der Waals surface area (Å²) in [4.78, 5) is 21.6. The standard InChI is InChI=1S/C16H33O2.Na.H3O4P/c1-2-3-4-5-6-7-8-9-10-11-12-13-14-15-16(17)18;;1-5(2,3)4/h16-18H,1-15H2;;(H3,1,2,3,4)/q-1;+1;. The van der Waals surface area contributed by atoms with Crippen molar-refractivity contribution >= 4 is 7.82 Å². The molecule has 0 aliphatic carbocycles. The number of hydrogen-bond acceptors (Lipinski definition) is 3. The molecule has 0 amide bonds. The van der Waals surface area contributed by atoms with Gasteiger partial charge in [0.25, 0.3) is 0 Å². The van der Waals surface area contributed by atoms with Crippen molar-refractivity contribution in [2.45, 2.75) is 96.2 Å². The summed E-state index contributed by atoms with van der Waals surface area (Å²) in [5.41, 5.74) is 0. The van der Waals surface area contributed by atoms with Crippen molar-refractivity contribution < 1.29 is 59.0 Å². The zero-order chi connectivity index (χ0) is 18.0. The van der Waals surface area contributed by atoms with Crippen LogP contribution in [-0.4, -0.2) is 31.2 Å². The summed E-state index contributed by atoms with van der Waals surface area (Å²) >= 11 is 0. The van der Waals surface area contributed by atoms with Gasteiger partial charge in [0.15, 0.2) is 6.29 Å². The first-order valence-electron chi connectivity index (χ1n) is 8.71. The molecule has 0 saturated carbocycles. The largest absolute Gasteiger partial charge is 1.00 e. The summed E-state index contributed by atoms with van der Waals surface area (Å²) in [6.45, 7) is 3.86. The van der Waals surface area contributed by atoms with Crippen molar-refractivity contribution in [3.05, 3.63) is 6.92 Å². The Morgan fingerprint density at radius 3 is 1.17 bits per heavy atom. The number of hydrogen-bond donors (Lipinski definition) is 5. The minimum atomic E-state index is -4.64. The zero-order valence-electron chi connectivity index (χ0n) is 15.3. The first-order valence-corrected chi connectivity index (χ1v) is 10.3. The van der Waals surface area contributed by atoms with Crippen LogP contribution in [0.1, 0.15) is 89.9 Å². The van der Waals surface area contributed by atoms with E-state index in [4.69, 9.17) is 29.5 Å². The van der Waals surface area contributed by atoms with Crippen molar-refractivity contribution in [2.24, 2.45) is 0 Å². The van der Waals surface area contributed by atoms with Crippen molar-refractivity contribution in [3.63, 3.8) is 0 Å². The Hall–Kier alpha value is 1.03. The first-order chi connectivity index (χ1) is 10.8. The van der Waals surface area contributed by atoms with E-state index in [1.54, 1.807) is 0 Å². The molecule has 5 N–H and O–H groups in total. The topological polar surface area (TPSA) is 118 Å². The minimum absolute atomic E-state index is 0. The minimum Gasteiger partial charge on any atom is -0.368 e. The summed E-state index contributed by atoms with van der Waals surface area (Å²) in [5.74, 6) is 0. The van der Waals surface area contributed by atoms with E-state index in [9.17, 15) is 0 Å². The molecule has 0 aromatic rings. The maximum Gasteiger partial charge on any atom is 1.00 e. The molecule has 142 valence electrons.